The van der Waals surface area contributed by atoms with Gasteiger partial charge in [-0.25, -0.2) is 4.79 Å². The molecule has 2 aliphatic heterocycles. The average Bonchev–Trinajstić information content (AvgIpc) is 2.77. The monoisotopic (exact) mass is 336 g/mol. The summed E-state index contributed by atoms with van der Waals surface area (Å²) in [7, 11) is 0. The van der Waals surface area contributed by atoms with Crippen LogP contribution in [0, 0.1) is 10.8 Å². The van der Waals surface area contributed by atoms with Crippen LogP contribution in [0.4, 0.5) is 11.5 Å². The van der Waals surface area contributed by atoms with Crippen molar-refractivity contribution in [3.05, 3.63) is 20.8 Å². The quantitative estimate of drug-likeness (QED) is 0.731. The van der Waals surface area contributed by atoms with Crippen molar-refractivity contribution < 1.29 is 4.74 Å². The smallest absolute Gasteiger partial charge is 0.327 e. The van der Waals surface area contributed by atoms with Crippen molar-refractivity contribution >= 4 is 11.5 Å². The highest BCUT2D eigenvalue weighted by molar-refractivity contribution is 5.72. The lowest BCUT2D eigenvalue weighted by molar-refractivity contribution is -0.107. The van der Waals surface area contributed by atoms with Crippen LogP contribution in [0.2, 0.25) is 0 Å². The van der Waals surface area contributed by atoms with Crippen LogP contribution < -0.4 is 21.5 Å². The molecule has 7 heteroatoms. The molecular weight excluding hydrogens is 308 g/mol. The maximum absolute atomic E-state index is 12.2. The Morgan fingerprint density at radius 1 is 0.958 bits per heavy atom. The minimum absolute atomic E-state index is 0.140. The van der Waals surface area contributed by atoms with Crippen LogP contribution in [0.3, 0.4) is 0 Å². The van der Waals surface area contributed by atoms with E-state index in [0.717, 1.165) is 0 Å². The molecule has 1 fully saturated rings. The molecule has 0 aliphatic carbocycles. The Hall–Kier alpha value is -1.76. The molecule has 1 saturated heterocycles. The summed E-state index contributed by atoms with van der Waals surface area (Å²) in [6.07, 6.45) is -0.187. The third kappa shape index (κ3) is 1.76. The van der Waals surface area contributed by atoms with Crippen molar-refractivity contribution in [1.29, 1.82) is 0 Å². The summed E-state index contributed by atoms with van der Waals surface area (Å²) >= 11 is 0. The molecule has 134 valence electrons. The second-order valence-electron chi connectivity index (χ2n) is 8.67. The first-order valence-corrected chi connectivity index (χ1v) is 8.39. The topological polar surface area (TPSA) is 90.2 Å². The Morgan fingerprint density at radius 2 is 1.54 bits per heavy atom. The summed E-state index contributed by atoms with van der Waals surface area (Å²) in [4.78, 5) is 31.0. The third-order valence-electron chi connectivity index (χ3n) is 7.05. The van der Waals surface area contributed by atoms with Gasteiger partial charge in [0.1, 0.15) is 23.4 Å². The summed E-state index contributed by atoms with van der Waals surface area (Å²) in [5, 5.41) is 3.17. The van der Waals surface area contributed by atoms with Crippen molar-refractivity contribution in [3.8, 4) is 0 Å². The Kier molecular flexibility index (Phi) is 3.16. The van der Waals surface area contributed by atoms with Gasteiger partial charge in [-0.05, 0) is 27.7 Å². The fourth-order valence-electron chi connectivity index (χ4n) is 4.27. The van der Waals surface area contributed by atoms with Gasteiger partial charge in [-0.1, -0.05) is 27.7 Å². The normalized spacial score (nSPS) is 32.5. The van der Waals surface area contributed by atoms with E-state index in [1.165, 1.54) is 0 Å². The number of fused-ring (bicyclic) bond motifs is 1. The number of hydrogen-bond donors (Lipinski definition) is 3. The van der Waals surface area contributed by atoms with Crippen molar-refractivity contribution in [1.82, 2.24) is 9.97 Å². The van der Waals surface area contributed by atoms with Crippen LogP contribution in [-0.2, 0) is 4.74 Å². The largest absolute Gasteiger partial charge is 0.358 e. The minimum atomic E-state index is -0.714. The molecule has 24 heavy (non-hydrogen) atoms. The van der Waals surface area contributed by atoms with E-state index in [-0.39, 0.29) is 22.6 Å². The molecule has 3 rings (SSSR count). The van der Waals surface area contributed by atoms with E-state index in [2.05, 4.69) is 56.8 Å². The molecule has 1 aromatic rings. The van der Waals surface area contributed by atoms with E-state index >= 15 is 0 Å². The Labute approximate surface area is 141 Å². The van der Waals surface area contributed by atoms with Crippen molar-refractivity contribution in [2.45, 2.75) is 72.9 Å². The van der Waals surface area contributed by atoms with Gasteiger partial charge >= 0.3 is 5.69 Å². The highest BCUT2D eigenvalue weighted by atomic mass is 16.6. The molecule has 0 aromatic carbocycles. The number of H-pyrrole nitrogens is 2. The second kappa shape index (κ2) is 4.45. The lowest BCUT2D eigenvalue weighted by atomic mass is 9.59. The van der Waals surface area contributed by atoms with Crippen molar-refractivity contribution in [3.63, 3.8) is 0 Å². The van der Waals surface area contributed by atoms with Crippen molar-refractivity contribution in [2.75, 3.05) is 10.2 Å². The molecule has 0 radical (unpaired) electrons. The van der Waals surface area contributed by atoms with Crippen molar-refractivity contribution in [2.24, 2.45) is 10.8 Å². The number of anilines is 2. The second-order valence-corrected chi connectivity index (χ2v) is 8.67. The number of nitrogens with zero attached hydrogens (tertiary/aromatic N) is 1. The summed E-state index contributed by atoms with van der Waals surface area (Å²) < 4.78 is 6.61. The van der Waals surface area contributed by atoms with Gasteiger partial charge in [0.25, 0.3) is 5.56 Å². The Bertz CT molecular complexity index is 805. The summed E-state index contributed by atoms with van der Waals surface area (Å²) in [6.45, 7) is 16.9. The van der Waals surface area contributed by atoms with Gasteiger partial charge in [0.2, 0.25) is 0 Å². The number of nitrogens with one attached hydrogen (secondary N) is 3. The highest BCUT2D eigenvalue weighted by Crippen LogP contribution is 2.64. The van der Waals surface area contributed by atoms with Crippen LogP contribution in [-0.4, -0.2) is 27.5 Å². The van der Waals surface area contributed by atoms with E-state index in [9.17, 15) is 9.59 Å². The maximum atomic E-state index is 12.2. The maximum Gasteiger partial charge on any atom is 0.327 e. The lowest BCUT2D eigenvalue weighted by Gasteiger charge is -2.50. The SMILES string of the molecule is CC1Nc2c([nH]c(=O)[nH]c2=O)N1C1(C)OC(C)(C)C(C)(C)C1(C)C. The van der Waals surface area contributed by atoms with Crippen LogP contribution in [0.5, 0.6) is 0 Å². The molecule has 0 saturated carbocycles. The number of aromatic nitrogens is 2. The fraction of sp³-hybridized carbons (Fsp3) is 0.765. The zero-order valence-electron chi connectivity index (χ0n) is 15.7. The van der Waals surface area contributed by atoms with E-state index in [0.29, 0.717) is 11.5 Å². The van der Waals surface area contributed by atoms with Gasteiger partial charge < -0.3 is 15.0 Å². The molecule has 3 heterocycles. The van der Waals surface area contributed by atoms with Gasteiger partial charge in [-0.2, -0.15) is 0 Å². The lowest BCUT2D eigenvalue weighted by Crippen LogP contribution is -2.60. The first-order chi connectivity index (χ1) is 10.8. The average molecular weight is 336 g/mol. The van der Waals surface area contributed by atoms with Gasteiger partial charge in [-0.3, -0.25) is 14.8 Å². The molecule has 2 atom stereocenters. The molecule has 0 bridgehead atoms. The fourth-order valence-corrected chi connectivity index (χ4v) is 4.27. The number of aromatic amines is 2. The van der Waals surface area contributed by atoms with E-state index in [1.807, 2.05) is 18.7 Å². The zero-order valence-corrected chi connectivity index (χ0v) is 15.7. The summed E-state index contributed by atoms with van der Waals surface area (Å²) in [6, 6.07) is 0. The molecule has 2 aliphatic rings. The standard InChI is InChI=1S/C17H28N4O3/c1-9-18-10-11(19-13(23)20-12(10)22)21(9)17(8)15(4,5)14(2,3)16(6,7)24-17/h9,18H,1-8H3,(H2,19,20,22,23). The first-order valence-electron chi connectivity index (χ1n) is 8.39. The van der Waals surface area contributed by atoms with Gasteiger partial charge in [0.15, 0.2) is 0 Å². The first kappa shape index (κ1) is 17.1. The van der Waals surface area contributed by atoms with E-state index < -0.39 is 17.0 Å². The predicted molar refractivity (Wildman–Crippen MR) is 94.4 cm³/mol. The predicted octanol–water partition coefficient (Wildman–Crippen LogP) is 2.22. The number of ether oxygens (including phenoxy) is 1. The molecule has 2 unspecified atom stereocenters. The number of hydrogen-bond acceptors (Lipinski definition) is 5. The van der Waals surface area contributed by atoms with E-state index in [4.69, 9.17) is 4.74 Å². The van der Waals surface area contributed by atoms with Crippen LogP contribution in [0.25, 0.3) is 0 Å². The van der Waals surface area contributed by atoms with Gasteiger partial charge in [-0.15, -0.1) is 0 Å². The van der Waals surface area contributed by atoms with Crippen LogP contribution in [0.15, 0.2) is 9.59 Å². The highest BCUT2D eigenvalue weighted by Gasteiger charge is 2.69. The van der Waals surface area contributed by atoms with E-state index in [1.54, 1.807) is 0 Å². The molecule has 0 spiro atoms. The molecule has 3 N–H and O–H groups in total. The Balaban J connectivity index is 2.24. The van der Waals surface area contributed by atoms with Gasteiger partial charge in [0.05, 0.1) is 5.60 Å². The van der Waals surface area contributed by atoms with Gasteiger partial charge in [0, 0.05) is 10.8 Å². The Morgan fingerprint density at radius 3 is 2.04 bits per heavy atom. The third-order valence-corrected chi connectivity index (χ3v) is 7.05. The molecule has 1 aromatic heterocycles. The summed E-state index contributed by atoms with van der Waals surface area (Å²) in [5.41, 5.74) is -2.05. The minimum Gasteiger partial charge on any atom is -0.358 e. The molecular formula is C17H28N4O3. The number of rotatable bonds is 1. The summed E-state index contributed by atoms with van der Waals surface area (Å²) in [5.74, 6) is 0.486. The molecule has 0 amide bonds. The molecule has 7 nitrogen and oxygen atoms in total. The van der Waals surface area contributed by atoms with Crippen LogP contribution in [0.1, 0.15) is 55.4 Å². The zero-order chi connectivity index (χ0) is 18.3. The van der Waals surface area contributed by atoms with Crippen LogP contribution >= 0.6 is 0 Å².